The lowest BCUT2D eigenvalue weighted by molar-refractivity contribution is -0.154. The topological polar surface area (TPSA) is 78.6 Å². The molecule has 0 radical (unpaired) electrons. The van der Waals surface area contributed by atoms with E-state index in [2.05, 4.69) is 4.98 Å². The maximum Gasteiger partial charge on any atom is 0.227 e. The Bertz CT molecular complexity index is 690. The van der Waals surface area contributed by atoms with E-state index in [1.807, 2.05) is 12.1 Å². The molecule has 1 aromatic heterocycles. The molecule has 2 atom stereocenters. The van der Waals surface area contributed by atoms with Crippen molar-refractivity contribution in [3.63, 3.8) is 0 Å². The molecule has 0 aliphatic carbocycles. The fourth-order valence-electron chi connectivity index (χ4n) is 3.02. The van der Waals surface area contributed by atoms with Crippen LogP contribution in [0.5, 0.6) is 0 Å². The SMILES string of the molecule is O=C(Cc1ccc(Cl)cc1)N1CC[C@@H](O)[C@](O)(Cn2ccnc2)C1. The first-order chi connectivity index (χ1) is 11.5. The number of piperidine rings is 1. The average Bonchev–Trinajstić information content (AvgIpc) is 3.05. The molecule has 0 spiro atoms. The zero-order chi connectivity index (χ0) is 17.2. The smallest absolute Gasteiger partial charge is 0.227 e. The fraction of sp³-hybridized carbons (Fsp3) is 0.412. The number of imidazole rings is 1. The largest absolute Gasteiger partial charge is 0.390 e. The van der Waals surface area contributed by atoms with Gasteiger partial charge in [0.25, 0.3) is 0 Å². The second-order valence-corrected chi connectivity index (χ2v) is 6.70. The maximum absolute atomic E-state index is 12.5. The predicted octanol–water partition coefficient (Wildman–Crippen LogP) is 1.10. The number of aliphatic hydroxyl groups is 2. The molecule has 7 heteroatoms. The second kappa shape index (κ2) is 6.93. The minimum atomic E-state index is -1.38. The Morgan fingerprint density at radius 3 is 2.79 bits per heavy atom. The normalized spacial score (nSPS) is 24.1. The van der Waals surface area contributed by atoms with Crippen LogP contribution < -0.4 is 0 Å². The standard InChI is InChI=1S/C17H20ClN3O3/c18-14-3-1-13(2-4-14)9-16(23)21-7-5-15(22)17(24,11-21)10-20-8-6-19-12-20/h1-4,6,8,12,15,22,24H,5,7,9-11H2/t15-,17+/m1/s1. The van der Waals surface area contributed by atoms with Gasteiger partial charge in [0, 0.05) is 24.0 Å². The Labute approximate surface area is 145 Å². The van der Waals surface area contributed by atoms with Crippen LogP contribution in [0, 0.1) is 0 Å². The van der Waals surface area contributed by atoms with Crippen molar-refractivity contribution in [3.8, 4) is 0 Å². The highest BCUT2D eigenvalue weighted by molar-refractivity contribution is 6.30. The van der Waals surface area contributed by atoms with E-state index in [1.54, 1.807) is 40.3 Å². The van der Waals surface area contributed by atoms with Gasteiger partial charge in [0.15, 0.2) is 0 Å². The van der Waals surface area contributed by atoms with Crippen molar-refractivity contribution < 1.29 is 15.0 Å². The zero-order valence-electron chi connectivity index (χ0n) is 13.2. The third-order valence-electron chi connectivity index (χ3n) is 4.39. The van der Waals surface area contributed by atoms with Gasteiger partial charge in [-0.3, -0.25) is 4.79 Å². The molecule has 1 aliphatic rings. The number of nitrogens with zero attached hydrogens (tertiary/aromatic N) is 3. The Hall–Kier alpha value is -1.89. The number of carbonyl (C=O) groups excluding carboxylic acids is 1. The summed E-state index contributed by atoms with van der Waals surface area (Å²) < 4.78 is 1.70. The van der Waals surface area contributed by atoms with E-state index in [9.17, 15) is 15.0 Å². The van der Waals surface area contributed by atoms with Crippen LogP contribution in [0.25, 0.3) is 0 Å². The van der Waals surface area contributed by atoms with E-state index in [4.69, 9.17) is 11.6 Å². The van der Waals surface area contributed by atoms with Gasteiger partial charge in [0.2, 0.25) is 5.91 Å². The number of halogens is 1. The number of rotatable bonds is 4. The monoisotopic (exact) mass is 349 g/mol. The minimum absolute atomic E-state index is 0.0757. The lowest BCUT2D eigenvalue weighted by Crippen LogP contribution is -2.60. The molecule has 2 N–H and O–H groups in total. The van der Waals surface area contributed by atoms with E-state index in [0.717, 1.165) is 5.56 Å². The van der Waals surface area contributed by atoms with Crippen molar-refractivity contribution >= 4 is 17.5 Å². The van der Waals surface area contributed by atoms with Gasteiger partial charge >= 0.3 is 0 Å². The summed E-state index contributed by atoms with van der Waals surface area (Å²) in [5.74, 6) is -0.0757. The van der Waals surface area contributed by atoms with E-state index in [0.29, 0.717) is 18.0 Å². The molecule has 1 fully saturated rings. The molecule has 3 rings (SSSR count). The summed E-state index contributed by atoms with van der Waals surface area (Å²) in [6, 6.07) is 7.13. The highest BCUT2D eigenvalue weighted by Crippen LogP contribution is 2.24. The van der Waals surface area contributed by atoms with Gasteiger partial charge in [-0.15, -0.1) is 0 Å². The summed E-state index contributed by atoms with van der Waals surface area (Å²) in [6.45, 7) is 0.720. The third-order valence-corrected chi connectivity index (χ3v) is 4.65. The van der Waals surface area contributed by atoms with Crippen molar-refractivity contribution in [3.05, 3.63) is 53.6 Å². The summed E-state index contributed by atoms with van der Waals surface area (Å²) in [6.07, 6.45) is 4.63. The zero-order valence-corrected chi connectivity index (χ0v) is 13.9. The number of amides is 1. The number of benzene rings is 1. The van der Waals surface area contributed by atoms with Crippen LogP contribution >= 0.6 is 11.6 Å². The van der Waals surface area contributed by atoms with Gasteiger partial charge in [-0.25, -0.2) is 4.98 Å². The predicted molar refractivity (Wildman–Crippen MR) is 89.5 cm³/mol. The van der Waals surface area contributed by atoms with Crippen LogP contribution in [-0.4, -0.2) is 55.4 Å². The number of hydrogen-bond donors (Lipinski definition) is 2. The molecule has 2 aromatic rings. The summed E-state index contributed by atoms with van der Waals surface area (Å²) in [5.41, 5.74) is -0.511. The van der Waals surface area contributed by atoms with Gasteiger partial charge in [0.1, 0.15) is 5.60 Å². The number of aliphatic hydroxyl groups excluding tert-OH is 1. The molecule has 0 bridgehead atoms. The highest BCUT2D eigenvalue weighted by atomic mass is 35.5. The number of β-amino-alcohol motifs (C(OH)–C–C–N with tert-alkyl or cyclic N) is 1. The Kier molecular flexibility index (Phi) is 4.89. The minimum Gasteiger partial charge on any atom is -0.390 e. The van der Waals surface area contributed by atoms with Crippen molar-refractivity contribution in [1.82, 2.24) is 14.5 Å². The first kappa shape index (κ1) is 17.0. The molecular weight excluding hydrogens is 330 g/mol. The molecule has 128 valence electrons. The van der Waals surface area contributed by atoms with Crippen LogP contribution in [0.4, 0.5) is 0 Å². The Morgan fingerprint density at radius 2 is 2.12 bits per heavy atom. The van der Waals surface area contributed by atoms with E-state index in [-0.39, 0.29) is 25.4 Å². The van der Waals surface area contributed by atoms with Gasteiger partial charge in [-0.1, -0.05) is 23.7 Å². The molecule has 1 aromatic carbocycles. The lowest BCUT2D eigenvalue weighted by Gasteiger charge is -2.42. The average molecular weight is 350 g/mol. The Morgan fingerprint density at radius 1 is 1.38 bits per heavy atom. The number of carbonyl (C=O) groups is 1. The maximum atomic E-state index is 12.5. The second-order valence-electron chi connectivity index (χ2n) is 6.26. The molecule has 1 aliphatic heterocycles. The lowest BCUT2D eigenvalue weighted by atomic mass is 9.89. The molecule has 1 amide bonds. The molecular formula is C17H20ClN3O3. The first-order valence-corrected chi connectivity index (χ1v) is 8.22. The van der Waals surface area contributed by atoms with Crippen LogP contribution in [0.3, 0.4) is 0 Å². The molecule has 2 heterocycles. The van der Waals surface area contributed by atoms with Gasteiger partial charge < -0.3 is 19.7 Å². The van der Waals surface area contributed by atoms with Gasteiger partial charge in [-0.05, 0) is 24.1 Å². The molecule has 6 nitrogen and oxygen atoms in total. The van der Waals surface area contributed by atoms with E-state index < -0.39 is 11.7 Å². The molecule has 0 unspecified atom stereocenters. The summed E-state index contributed by atoms with van der Waals surface area (Å²) in [5, 5.41) is 21.7. The van der Waals surface area contributed by atoms with Crippen LogP contribution in [0.1, 0.15) is 12.0 Å². The highest BCUT2D eigenvalue weighted by Gasteiger charge is 2.42. The number of likely N-dealkylation sites (tertiary alicyclic amines) is 1. The van der Waals surface area contributed by atoms with Gasteiger partial charge in [0.05, 0.1) is 31.9 Å². The molecule has 1 saturated heterocycles. The van der Waals surface area contributed by atoms with Crippen LogP contribution in [0.15, 0.2) is 43.0 Å². The summed E-state index contributed by atoms with van der Waals surface area (Å²) in [4.78, 5) is 18.1. The summed E-state index contributed by atoms with van der Waals surface area (Å²) >= 11 is 5.85. The van der Waals surface area contributed by atoms with Crippen molar-refractivity contribution in [2.45, 2.75) is 31.1 Å². The van der Waals surface area contributed by atoms with Crippen molar-refractivity contribution in [1.29, 1.82) is 0 Å². The number of aromatic nitrogens is 2. The van der Waals surface area contributed by atoms with Crippen LogP contribution in [0.2, 0.25) is 5.02 Å². The Balaban J connectivity index is 1.67. The summed E-state index contributed by atoms with van der Waals surface area (Å²) in [7, 11) is 0. The first-order valence-electron chi connectivity index (χ1n) is 7.85. The van der Waals surface area contributed by atoms with E-state index >= 15 is 0 Å². The van der Waals surface area contributed by atoms with Crippen LogP contribution in [-0.2, 0) is 17.8 Å². The quantitative estimate of drug-likeness (QED) is 0.866. The van der Waals surface area contributed by atoms with Crippen molar-refractivity contribution in [2.24, 2.45) is 0 Å². The third kappa shape index (κ3) is 3.77. The van der Waals surface area contributed by atoms with Crippen molar-refractivity contribution in [2.75, 3.05) is 13.1 Å². The molecule has 24 heavy (non-hydrogen) atoms. The number of hydrogen-bond acceptors (Lipinski definition) is 4. The molecule has 0 saturated carbocycles. The van der Waals surface area contributed by atoms with Gasteiger partial charge in [-0.2, -0.15) is 0 Å². The fourth-order valence-corrected chi connectivity index (χ4v) is 3.14. The van der Waals surface area contributed by atoms with E-state index in [1.165, 1.54) is 0 Å².